The Morgan fingerprint density at radius 3 is 1.91 bits per heavy atom. The topological polar surface area (TPSA) is 129 Å². The third kappa shape index (κ3) is 5.90. The van der Waals surface area contributed by atoms with Gasteiger partial charge in [-0.25, -0.2) is 9.97 Å². The molecule has 0 amide bonds. The first-order chi connectivity index (χ1) is 20.0. The van der Waals surface area contributed by atoms with Crippen molar-refractivity contribution >= 4 is 62.4 Å². The Kier molecular flexibility index (Phi) is 9.07. The molecule has 2 aliphatic rings. The molecular weight excluding hydrogens is 587 g/mol. The van der Waals surface area contributed by atoms with Gasteiger partial charge in [-0.05, 0) is 62.8 Å². The van der Waals surface area contributed by atoms with Crippen LogP contribution in [0.2, 0.25) is 0 Å². The van der Waals surface area contributed by atoms with Gasteiger partial charge in [0.25, 0.3) is 0 Å². The van der Waals surface area contributed by atoms with Crippen molar-refractivity contribution in [2.24, 2.45) is 0 Å². The van der Waals surface area contributed by atoms with Gasteiger partial charge in [0.2, 0.25) is 0 Å². The number of aromatic nitrogens is 4. The zero-order valence-electron chi connectivity index (χ0n) is 24.5. The van der Waals surface area contributed by atoms with E-state index in [0.717, 1.165) is 61.3 Å². The minimum absolute atomic E-state index is 0. The summed E-state index contributed by atoms with van der Waals surface area (Å²) in [4.78, 5) is 42.7. The first-order valence-electron chi connectivity index (χ1n) is 13.8. The molecular formula is C34H32N4NiO4-2. The van der Waals surface area contributed by atoms with E-state index in [4.69, 9.17) is 19.9 Å². The number of hydrogen-bond acceptors (Lipinski definition) is 4. The molecule has 0 aromatic carbocycles. The van der Waals surface area contributed by atoms with Crippen molar-refractivity contribution in [1.82, 2.24) is 19.9 Å². The van der Waals surface area contributed by atoms with Gasteiger partial charge in [-0.2, -0.15) is 0 Å². The molecule has 0 atom stereocenters. The van der Waals surface area contributed by atoms with Gasteiger partial charge in [-0.3, -0.25) is 9.59 Å². The van der Waals surface area contributed by atoms with E-state index in [1.165, 1.54) is 0 Å². The molecule has 3 aromatic rings. The number of carboxylic acid groups (broad SMARTS) is 2. The van der Waals surface area contributed by atoms with Gasteiger partial charge in [0.1, 0.15) is 0 Å². The number of aliphatic carboxylic acids is 2. The number of carboxylic acids is 2. The molecule has 2 N–H and O–H groups in total. The summed E-state index contributed by atoms with van der Waals surface area (Å²) in [6.45, 7) is 15.9. The molecule has 0 unspecified atom stereocenters. The Morgan fingerprint density at radius 1 is 0.721 bits per heavy atom. The Labute approximate surface area is 259 Å². The summed E-state index contributed by atoms with van der Waals surface area (Å²) in [7, 11) is 0. The van der Waals surface area contributed by atoms with Crippen LogP contribution in [0.25, 0.3) is 50.4 Å². The molecule has 8 nitrogen and oxygen atoms in total. The Morgan fingerprint density at radius 2 is 1.26 bits per heavy atom. The van der Waals surface area contributed by atoms with Crippen LogP contribution in [0.15, 0.2) is 43.5 Å². The van der Waals surface area contributed by atoms with Crippen molar-refractivity contribution in [3.63, 3.8) is 0 Å². The zero-order valence-corrected chi connectivity index (χ0v) is 25.5. The third-order valence-corrected chi connectivity index (χ3v) is 8.06. The number of carbonyl (C=O) groups is 2. The molecule has 0 saturated heterocycles. The summed E-state index contributed by atoms with van der Waals surface area (Å²) in [5, 5.41) is 18.9. The molecule has 0 saturated carbocycles. The van der Waals surface area contributed by atoms with E-state index >= 15 is 0 Å². The average Bonchev–Trinajstić information content (AvgIpc) is 3.59. The summed E-state index contributed by atoms with van der Waals surface area (Å²) in [6.07, 6.45) is 4.06. The Hall–Kier alpha value is -4.49. The van der Waals surface area contributed by atoms with Crippen LogP contribution < -0.4 is 9.97 Å². The maximum atomic E-state index is 11.5. The number of hydrogen-bond donors (Lipinski definition) is 2. The Bertz CT molecular complexity index is 1920. The van der Waals surface area contributed by atoms with Crippen molar-refractivity contribution < 1.29 is 36.3 Å². The fraction of sp³-hybridized carbons (Fsp3) is 0.235. The summed E-state index contributed by atoms with van der Waals surface area (Å²) in [5.41, 5.74) is 12.6. The second kappa shape index (κ2) is 12.4. The van der Waals surface area contributed by atoms with Gasteiger partial charge in [-0.15, -0.1) is 22.1 Å². The largest absolute Gasteiger partial charge is 0.657 e. The molecule has 0 radical (unpaired) electrons. The molecule has 5 heterocycles. The van der Waals surface area contributed by atoms with Crippen LogP contribution in [0.4, 0.5) is 0 Å². The van der Waals surface area contributed by atoms with E-state index in [1.807, 2.05) is 52.0 Å². The van der Waals surface area contributed by atoms with Crippen LogP contribution >= 0.6 is 0 Å². The van der Waals surface area contributed by atoms with Crippen molar-refractivity contribution in [2.45, 2.75) is 53.4 Å². The van der Waals surface area contributed by atoms with Crippen LogP contribution in [0.3, 0.4) is 0 Å². The first kappa shape index (κ1) is 31.4. The quantitative estimate of drug-likeness (QED) is 0.265. The molecule has 9 heteroatoms. The van der Waals surface area contributed by atoms with Crippen LogP contribution in [-0.4, -0.2) is 32.1 Å². The number of allylic oxidation sites excluding steroid dienone is 5. The van der Waals surface area contributed by atoms with Gasteiger partial charge in [0, 0.05) is 34.9 Å². The molecule has 224 valence electrons. The van der Waals surface area contributed by atoms with E-state index in [0.29, 0.717) is 41.0 Å². The predicted octanol–water partition coefficient (Wildman–Crippen LogP) is 6.76. The predicted molar refractivity (Wildman–Crippen MR) is 167 cm³/mol. The summed E-state index contributed by atoms with van der Waals surface area (Å²) in [6, 6.07) is 7.62. The van der Waals surface area contributed by atoms with E-state index < -0.39 is 11.9 Å². The van der Waals surface area contributed by atoms with Gasteiger partial charge in [0.05, 0.1) is 22.8 Å². The minimum atomic E-state index is -0.898. The minimum Gasteiger partial charge on any atom is -0.657 e. The third-order valence-electron chi connectivity index (χ3n) is 8.06. The van der Waals surface area contributed by atoms with Crippen LogP contribution in [0, 0.1) is 13.8 Å². The fourth-order valence-corrected chi connectivity index (χ4v) is 5.61. The second-order valence-electron chi connectivity index (χ2n) is 10.6. The van der Waals surface area contributed by atoms with E-state index in [1.54, 1.807) is 12.2 Å². The van der Waals surface area contributed by atoms with Crippen molar-refractivity contribution in [3.8, 4) is 0 Å². The maximum Gasteiger partial charge on any atom is 0.303 e. The molecule has 0 fully saturated rings. The summed E-state index contributed by atoms with van der Waals surface area (Å²) in [5.74, 6) is -1.80. The zero-order chi connectivity index (χ0) is 30.3. The molecule has 0 spiro atoms. The van der Waals surface area contributed by atoms with Gasteiger partial charge in [0.15, 0.2) is 0 Å². The monoisotopic (exact) mass is 618 g/mol. The molecule has 0 aliphatic carbocycles. The molecule has 8 bridgehead atoms. The number of nitrogens with zero attached hydrogens (tertiary/aromatic N) is 4. The van der Waals surface area contributed by atoms with E-state index in [9.17, 15) is 19.8 Å². The standard InChI is InChI=1S/C34H34N4O4.Ni/c1-7-21-17(3)25-13-26-19(5)23(9-11-33(39)40)31(37-26)16-32-24(10-12-34(41)42)20(6)28(38-32)15-30-22(8-2)18(4)27(36-30)14-29(21)35-25;/h7-8,13-16H,1-2,9-12H2,3-6H3,(H4,35,36,37,38,39,40,41,42);/p-2. The first-order valence-corrected chi connectivity index (χ1v) is 13.8. The van der Waals surface area contributed by atoms with Crippen molar-refractivity contribution in [3.05, 3.63) is 88.5 Å². The molecule has 2 aliphatic heterocycles. The van der Waals surface area contributed by atoms with Gasteiger partial charge < -0.3 is 20.2 Å². The smallest absolute Gasteiger partial charge is 0.303 e. The van der Waals surface area contributed by atoms with E-state index in [-0.39, 0.29) is 29.3 Å². The number of rotatable bonds is 8. The normalized spacial score (nSPS) is 12.7. The van der Waals surface area contributed by atoms with Gasteiger partial charge >= 0.3 is 11.9 Å². The summed E-state index contributed by atoms with van der Waals surface area (Å²) >= 11 is 0. The maximum absolute atomic E-state index is 11.5. The van der Waals surface area contributed by atoms with Crippen molar-refractivity contribution in [1.29, 1.82) is 0 Å². The Balaban J connectivity index is 0.00000423. The van der Waals surface area contributed by atoms with Crippen LogP contribution in [-0.2, 0) is 32.5 Å². The molecule has 5 rings (SSSR count). The second-order valence-corrected chi connectivity index (χ2v) is 10.6. The van der Waals surface area contributed by atoms with Gasteiger partial charge in [-0.1, -0.05) is 66.3 Å². The average molecular weight is 619 g/mol. The SMILES string of the molecule is C=CC1=C(C)c2cc3[n-]c(cc4nc(cc5[n-]c(cc1n2)c(C)c5CCC(=O)O)C(CCC(=O)O)=C4C)c(C)c3C=C.[Ni]. The van der Waals surface area contributed by atoms with E-state index in [2.05, 4.69) is 13.2 Å². The number of fused-ring (bicyclic) bond motifs is 8. The van der Waals surface area contributed by atoms with Crippen LogP contribution in [0.5, 0.6) is 0 Å². The van der Waals surface area contributed by atoms with Crippen LogP contribution in [0.1, 0.15) is 78.1 Å². The molecule has 43 heavy (non-hydrogen) atoms. The molecule has 3 aromatic heterocycles. The number of aryl methyl sites for hydroxylation is 3. The van der Waals surface area contributed by atoms with Crippen molar-refractivity contribution in [2.75, 3.05) is 0 Å². The summed E-state index contributed by atoms with van der Waals surface area (Å²) < 4.78 is 0. The fourth-order valence-electron chi connectivity index (χ4n) is 5.61.